The molecule has 3 nitrogen and oxygen atoms in total. The second kappa shape index (κ2) is 7.78. The third-order valence-electron chi connectivity index (χ3n) is 3.47. The van der Waals surface area contributed by atoms with Crippen LogP contribution >= 0.6 is 11.6 Å². The highest BCUT2D eigenvalue weighted by atomic mass is 35.5. The fraction of sp³-hybridized carbons (Fsp3) is 0.278. The van der Waals surface area contributed by atoms with Gasteiger partial charge in [0.1, 0.15) is 5.75 Å². The number of nitrogens with one attached hydrogen (secondary N) is 1. The van der Waals surface area contributed by atoms with Crippen LogP contribution in [0.1, 0.15) is 24.5 Å². The van der Waals surface area contributed by atoms with Gasteiger partial charge in [0, 0.05) is 5.69 Å². The molecule has 0 aliphatic carbocycles. The number of amides is 1. The summed E-state index contributed by atoms with van der Waals surface area (Å²) in [7, 11) is 0. The van der Waals surface area contributed by atoms with Gasteiger partial charge in [0.15, 0.2) is 6.10 Å². The normalized spacial score (nSPS) is 12.6. The van der Waals surface area contributed by atoms with Crippen LogP contribution in [0, 0.1) is 6.92 Å². The van der Waals surface area contributed by atoms with Gasteiger partial charge in [-0.25, -0.2) is 0 Å². The molecule has 0 saturated carbocycles. The first-order valence-electron chi connectivity index (χ1n) is 7.61. The lowest BCUT2D eigenvalue weighted by atomic mass is 10.1. The lowest BCUT2D eigenvalue weighted by Gasteiger charge is -2.18. The van der Waals surface area contributed by atoms with E-state index in [0.717, 1.165) is 17.7 Å². The molecule has 2 rings (SSSR count). The topological polar surface area (TPSA) is 38.3 Å². The molecule has 1 unspecified atom stereocenters. The van der Waals surface area contributed by atoms with E-state index >= 15 is 0 Å². The molecule has 0 aliphatic rings. The van der Waals surface area contributed by atoms with Crippen LogP contribution in [0.15, 0.2) is 42.5 Å². The molecule has 0 saturated heterocycles. The zero-order valence-corrected chi connectivity index (χ0v) is 14.4. The van der Waals surface area contributed by atoms with Gasteiger partial charge >= 0.3 is 6.18 Å². The summed E-state index contributed by atoms with van der Waals surface area (Å²) in [6, 6.07) is 10.4. The van der Waals surface area contributed by atoms with E-state index in [2.05, 4.69) is 5.32 Å². The highest BCUT2D eigenvalue weighted by Crippen LogP contribution is 2.36. The molecular formula is C18H17ClF3NO2. The molecule has 0 heterocycles. The number of ether oxygens (including phenoxy) is 1. The Morgan fingerprint density at radius 1 is 1.24 bits per heavy atom. The van der Waals surface area contributed by atoms with Crippen molar-refractivity contribution in [3.63, 3.8) is 0 Å². The molecule has 0 aromatic heterocycles. The SMILES string of the molecule is CCC(Oc1cccc(C)c1)C(=O)Nc1ccc(Cl)c(C(F)(F)F)c1. The van der Waals surface area contributed by atoms with Crippen molar-refractivity contribution in [3.8, 4) is 5.75 Å². The van der Waals surface area contributed by atoms with Crippen LogP contribution in [-0.4, -0.2) is 12.0 Å². The lowest BCUT2D eigenvalue weighted by Crippen LogP contribution is -2.32. The van der Waals surface area contributed by atoms with Crippen molar-refractivity contribution in [2.75, 3.05) is 5.32 Å². The number of hydrogen-bond acceptors (Lipinski definition) is 2. The highest BCUT2D eigenvalue weighted by molar-refractivity contribution is 6.31. The molecule has 134 valence electrons. The van der Waals surface area contributed by atoms with Crippen molar-refractivity contribution in [1.82, 2.24) is 0 Å². The van der Waals surface area contributed by atoms with Gasteiger partial charge in [-0.05, 0) is 49.2 Å². The number of aryl methyl sites for hydroxylation is 1. The molecule has 2 aromatic rings. The molecule has 7 heteroatoms. The zero-order chi connectivity index (χ0) is 18.6. The Balaban J connectivity index is 2.14. The van der Waals surface area contributed by atoms with Crippen LogP contribution < -0.4 is 10.1 Å². The van der Waals surface area contributed by atoms with E-state index < -0.39 is 28.8 Å². The number of halogens is 4. The molecule has 1 amide bonds. The second-order valence-electron chi connectivity index (χ2n) is 5.51. The van der Waals surface area contributed by atoms with Crippen LogP contribution in [0.25, 0.3) is 0 Å². The van der Waals surface area contributed by atoms with E-state index in [1.807, 2.05) is 13.0 Å². The van der Waals surface area contributed by atoms with Gasteiger partial charge in [0.05, 0.1) is 10.6 Å². The summed E-state index contributed by atoms with van der Waals surface area (Å²) in [6.07, 6.45) is -5.06. The van der Waals surface area contributed by atoms with Gasteiger partial charge in [-0.2, -0.15) is 13.2 Å². The van der Waals surface area contributed by atoms with E-state index in [1.165, 1.54) is 6.07 Å². The van der Waals surface area contributed by atoms with Crippen molar-refractivity contribution in [3.05, 3.63) is 58.6 Å². The molecule has 1 N–H and O–H groups in total. The maximum atomic E-state index is 12.9. The van der Waals surface area contributed by atoms with Crippen molar-refractivity contribution in [1.29, 1.82) is 0 Å². The molecule has 0 bridgehead atoms. The van der Waals surface area contributed by atoms with Gasteiger partial charge in [0.2, 0.25) is 0 Å². The smallest absolute Gasteiger partial charge is 0.417 e. The number of carbonyl (C=O) groups excluding carboxylic acids is 1. The summed E-state index contributed by atoms with van der Waals surface area (Å²) >= 11 is 5.57. The molecule has 0 spiro atoms. The molecule has 1 atom stereocenters. The van der Waals surface area contributed by atoms with Gasteiger partial charge in [-0.3, -0.25) is 4.79 Å². The number of alkyl halides is 3. The van der Waals surface area contributed by atoms with E-state index in [0.29, 0.717) is 12.2 Å². The minimum atomic E-state index is -4.60. The highest BCUT2D eigenvalue weighted by Gasteiger charge is 2.33. The first-order valence-corrected chi connectivity index (χ1v) is 7.99. The Kier molecular flexibility index (Phi) is 5.95. The first kappa shape index (κ1) is 19.1. The Hall–Kier alpha value is -2.21. The van der Waals surface area contributed by atoms with E-state index in [4.69, 9.17) is 16.3 Å². The zero-order valence-electron chi connectivity index (χ0n) is 13.7. The molecule has 2 aromatic carbocycles. The van der Waals surface area contributed by atoms with Crippen LogP contribution in [0.4, 0.5) is 18.9 Å². The van der Waals surface area contributed by atoms with E-state index in [9.17, 15) is 18.0 Å². The molecule has 0 fully saturated rings. The molecule has 25 heavy (non-hydrogen) atoms. The molecule has 0 aliphatic heterocycles. The van der Waals surface area contributed by atoms with Gasteiger partial charge in [0.25, 0.3) is 5.91 Å². The van der Waals surface area contributed by atoms with Gasteiger partial charge < -0.3 is 10.1 Å². The average Bonchev–Trinajstić information content (AvgIpc) is 2.53. The number of hydrogen-bond donors (Lipinski definition) is 1. The second-order valence-corrected chi connectivity index (χ2v) is 5.92. The molecular weight excluding hydrogens is 355 g/mol. The fourth-order valence-electron chi connectivity index (χ4n) is 2.22. The predicted molar refractivity (Wildman–Crippen MR) is 91.0 cm³/mol. The van der Waals surface area contributed by atoms with Gasteiger partial charge in [-0.15, -0.1) is 0 Å². The summed E-state index contributed by atoms with van der Waals surface area (Å²) < 4.78 is 44.3. The van der Waals surface area contributed by atoms with Crippen LogP contribution in [0.2, 0.25) is 5.02 Å². The third-order valence-corrected chi connectivity index (χ3v) is 3.80. The Morgan fingerprint density at radius 3 is 2.56 bits per heavy atom. The largest absolute Gasteiger partial charge is 0.481 e. The van der Waals surface area contributed by atoms with Crippen molar-refractivity contribution < 1.29 is 22.7 Å². The standard InChI is InChI=1S/C18H17ClF3NO2/c1-3-16(25-13-6-4-5-11(2)9-13)17(24)23-12-7-8-15(19)14(10-12)18(20,21)22/h4-10,16H,3H2,1-2H3,(H,23,24). The van der Waals surface area contributed by atoms with Gasteiger partial charge in [-0.1, -0.05) is 30.7 Å². The van der Waals surface area contributed by atoms with E-state index in [-0.39, 0.29) is 5.69 Å². The van der Waals surface area contributed by atoms with Crippen molar-refractivity contribution >= 4 is 23.2 Å². The average molecular weight is 372 g/mol. The lowest BCUT2D eigenvalue weighted by molar-refractivity contribution is -0.137. The number of carbonyl (C=O) groups is 1. The molecule has 0 radical (unpaired) electrons. The monoisotopic (exact) mass is 371 g/mol. The minimum absolute atomic E-state index is 0.00742. The Bertz CT molecular complexity index is 762. The van der Waals surface area contributed by atoms with Crippen LogP contribution in [0.5, 0.6) is 5.75 Å². The summed E-state index contributed by atoms with van der Waals surface area (Å²) in [5.74, 6) is -0.00598. The Morgan fingerprint density at radius 2 is 1.96 bits per heavy atom. The van der Waals surface area contributed by atoms with Crippen molar-refractivity contribution in [2.24, 2.45) is 0 Å². The first-order chi connectivity index (χ1) is 11.7. The van der Waals surface area contributed by atoms with Crippen LogP contribution in [0.3, 0.4) is 0 Å². The van der Waals surface area contributed by atoms with Crippen LogP contribution in [-0.2, 0) is 11.0 Å². The summed E-state index contributed by atoms with van der Waals surface area (Å²) in [4.78, 5) is 12.3. The summed E-state index contributed by atoms with van der Waals surface area (Å²) in [5.41, 5.74) is -0.0204. The Labute approximate surface area is 148 Å². The number of benzene rings is 2. The predicted octanol–water partition coefficient (Wildman–Crippen LogP) is 5.46. The van der Waals surface area contributed by atoms with E-state index in [1.54, 1.807) is 25.1 Å². The maximum absolute atomic E-state index is 12.9. The summed E-state index contributed by atoms with van der Waals surface area (Å²) in [6.45, 7) is 3.64. The number of anilines is 1. The van der Waals surface area contributed by atoms with Crippen molar-refractivity contribution in [2.45, 2.75) is 32.5 Å². The quantitative estimate of drug-likeness (QED) is 0.757. The number of rotatable bonds is 5. The third kappa shape index (κ3) is 5.13. The fourth-order valence-corrected chi connectivity index (χ4v) is 2.44. The minimum Gasteiger partial charge on any atom is -0.481 e. The summed E-state index contributed by atoms with van der Waals surface area (Å²) in [5, 5.41) is 2.02. The maximum Gasteiger partial charge on any atom is 0.417 e.